The van der Waals surface area contributed by atoms with Crippen LogP contribution in [0.25, 0.3) is 0 Å². The summed E-state index contributed by atoms with van der Waals surface area (Å²) < 4.78 is 0. The third kappa shape index (κ3) is 6.04. The van der Waals surface area contributed by atoms with E-state index in [0.717, 1.165) is 6.42 Å². The average Bonchev–Trinajstić information content (AvgIpc) is 2.39. The normalized spacial score (nSPS) is 24.0. The molecule has 3 atom stereocenters. The predicted octanol–water partition coefficient (Wildman–Crippen LogP) is 1.53. The van der Waals surface area contributed by atoms with Crippen molar-refractivity contribution >= 4 is 11.8 Å². The van der Waals surface area contributed by atoms with Crippen LogP contribution in [0.15, 0.2) is 0 Å². The summed E-state index contributed by atoms with van der Waals surface area (Å²) in [6.07, 6.45) is 4.71. The van der Waals surface area contributed by atoms with Crippen LogP contribution >= 0.6 is 0 Å². The molecular formula is C16H31N3O2. The number of carbonyl (C=O) groups is 2. The second-order valence-corrected chi connectivity index (χ2v) is 6.69. The van der Waals surface area contributed by atoms with E-state index in [1.807, 2.05) is 27.8 Å². The van der Waals surface area contributed by atoms with E-state index in [9.17, 15) is 9.59 Å². The first-order valence-electron chi connectivity index (χ1n) is 8.11. The number of nitrogens with zero attached hydrogens (tertiary/aromatic N) is 1. The zero-order valence-corrected chi connectivity index (χ0v) is 14.1. The lowest BCUT2D eigenvalue weighted by molar-refractivity contribution is -0.128. The molecular weight excluding hydrogens is 266 g/mol. The molecule has 122 valence electrons. The molecule has 2 N–H and O–H groups in total. The maximum Gasteiger partial charge on any atom is 0.237 e. The van der Waals surface area contributed by atoms with Crippen molar-refractivity contribution in [2.75, 3.05) is 13.6 Å². The van der Waals surface area contributed by atoms with E-state index in [-0.39, 0.29) is 36.5 Å². The summed E-state index contributed by atoms with van der Waals surface area (Å²) in [6, 6.07) is 0.113. The zero-order valence-electron chi connectivity index (χ0n) is 14.1. The maximum atomic E-state index is 12.3. The zero-order chi connectivity index (χ0) is 16.0. The summed E-state index contributed by atoms with van der Waals surface area (Å²) >= 11 is 0. The molecule has 1 saturated carbocycles. The van der Waals surface area contributed by atoms with Crippen molar-refractivity contribution in [3.63, 3.8) is 0 Å². The monoisotopic (exact) mass is 297 g/mol. The smallest absolute Gasteiger partial charge is 0.237 e. The highest BCUT2D eigenvalue weighted by molar-refractivity contribution is 5.83. The Hall–Kier alpha value is -1.10. The number of rotatable bonds is 6. The Morgan fingerprint density at radius 3 is 2.38 bits per heavy atom. The Balaban J connectivity index is 2.43. The number of nitrogens with one attached hydrogen (secondary N) is 2. The van der Waals surface area contributed by atoms with E-state index in [1.54, 1.807) is 4.90 Å². The Bertz CT molecular complexity index is 357. The van der Waals surface area contributed by atoms with Gasteiger partial charge < -0.3 is 10.6 Å². The molecule has 0 unspecified atom stereocenters. The molecule has 0 spiro atoms. The van der Waals surface area contributed by atoms with Crippen LogP contribution < -0.4 is 10.6 Å². The first kappa shape index (κ1) is 18.0. The lowest BCUT2D eigenvalue weighted by Crippen LogP contribution is -2.51. The molecule has 5 nitrogen and oxygen atoms in total. The van der Waals surface area contributed by atoms with Crippen molar-refractivity contribution in [2.45, 2.75) is 71.5 Å². The molecule has 0 aliphatic heterocycles. The number of likely N-dealkylation sites (N-methyl/N-ethyl adjacent to an activating group) is 1. The third-order valence-electron chi connectivity index (χ3n) is 4.32. The van der Waals surface area contributed by atoms with Gasteiger partial charge in [-0.15, -0.1) is 0 Å². The molecule has 0 bridgehead atoms. The molecule has 0 aromatic rings. The maximum absolute atomic E-state index is 12.3. The summed E-state index contributed by atoms with van der Waals surface area (Å²) in [4.78, 5) is 25.9. The van der Waals surface area contributed by atoms with Crippen LogP contribution in [0, 0.1) is 5.92 Å². The molecule has 2 amide bonds. The van der Waals surface area contributed by atoms with Crippen molar-refractivity contribution in [3.05, 3.63) is 0 Å². The highest BCUT2D eigenvalue weighted by Gasteiger charge is 2.26. The van der Waals surface area contributed by atoms with E-state index in [1.165, 1.54) is 19.3 Å². The van der Waals surface area contributed by atoms with Crippen LogP contribution in [-0.4, -0.2) is 48.4 Å². The molecule has 0 aromatic heterocycles. The molecule has 0 saturated heterocycles. The third-order valence-corrected chi connectivity index (χ3v) is 4.32. The van der Waals surface area contributed by atoms with Gasteiger partial charge in [-0.05, 0) is 46.6 Å². The van der Waals surface area contributed by atoms with Gasteiger partial charge in [0.2, 0.25) is 11.8 Å². The minimum Gasteiger partial charge on any atom is -0.353 e. The average molecular weight is 297 g/mol. The Morgan fingerprint density at radius 1 is 1.19 bits per heavy atom. The van der Waals surface area contributed by atoms with Crippen LogP contribution in [0.3, 0.4) is 0 Å². The van der Waals surface area contributed by atoms with Gasteiger partial charge in [0.15, 0.2) is 0 Å². The second-order valence-electron chi connectivity index (χ2n) is 6.69. The van der Waals surface area contributed by atoms with Gasteiger partial charge in [-0.2, -0.15) is 0 Å². The summed E-state index contributed by atoms with van der Waals surface area (Å²) in [7, 11) is 1.81. The fraction of sp³-hybridized carbons (Fsp3) is 0.875. The highest BCUT2D eigenvalue weighted by Crippen LogP contribution is 2.23. The van der Waals surface area contributed by atoms with E-state index in [2.05, 4.69) is 17.6 Å². The van der Waals surface area contributed by atoms with E-state index < -0.39 is 0 Å². The van der Waals surface area contributed by atoms with Crippen molar-refractivity contribution in [1.82, 2.24) is 15.5 Å². The van der Waals surface area contributed by atoms with Gasteiger partial charge >= 0.3 is 0 Å². The molecule has 5 heteroatoms. The summed E-state index contributed by atoms with van der Waals surface area (Å²) in [6.45, 7) is 8.16. The van der Waals surface area contributed by atoms with E-state index in [4.69, 9.17) is 0 Å². The van der Waals surface area contributed by atoms with Gasteiger partial charge in [0.05, 0.1) is 12.6 Å². The fourth-order valence-corrected chi connectivity index (χ4v) is 2.77. The highest BCUT2D eigenvalue weighted by atomic mass is 16.2. The Labute approximate surface area is 128 Å². The number of amides is 2. The lowest BCUT2D eigenvalue weighted by Gasteiger charge is -2.32. The number of hydrogen-bond donors (Lipinski definition) is 2. The standard InChI is InChI=1S/C16H31N3O2/c1-11(2)17-15(20)10-19(5)13(4)16(21)18-14-9-7-6-8-12(14)3/h11-14H,6-10H2,1-5H3,(H,17,20)(H,18,21)/t12-,13-,14-/m1/s1. The lowest BCUT2D eigenvalue weighted by atomic mass is 9.86. The van der Waals surface area contributed by atoms with Crippen LogP contribution in [-0.2, 0) is 9.59 Å². The van der Waals surface area contributed by atoms with Crippen LogP contribution in [0.1, 0.15) is 53.4 Å². The van der Waals surface area contributed by atoms with E-state index >= 15 is 0 Å². The Kier molecular flexibility index (Phi) is 7.15. The molecule has 0 radical (unpaired) electrons. The first-order chi connectivity index (χ1) is 9.81. The van der Waals surface area contributed by atoms with Crippen molar-refractivity contribution in [3.8, 4) is 0 Å². The predicted molar refractivity (Wildman–Crippen MR) is 84.9 cm³/mol. The van der Waals surface area contributed by atoms with Gasteiger partial charge in [0.25, 0.3) is 0 Å². The van der Waals surface area contributed by atoms with Gasteiger partial charge in [0, 0.05) is 12.1 Å². The fourth-order valence-electron chi connectivity index (χ4n) is 2.77. The molecule has 0 aromatic carbocycles. The summed E-state index contributed by atoms with van der Waals surface area (Å²) in [5.74, 6) is 0.524. The largest absolute Gasteiger partial charge is 0.353 e. The summed E-state index contributed by atoms with van der Waals surface area (Å²) in [5, 5.41) is 5.99. The second kappa shape index (κ2) is 8.37. The van der Waals surface area contributed by atoms with Gasteiger partial charge in [-0.3, -0.25) is 14.5 Å². The van der Waals surface area contributed by atoms with Crippen LogP contribution in [0.5, 0.6) is 0 Å². The number of carbonyl (C=O) groups excluding carboxylic acids is 2. The quantitative estimate of drug-likeness (QED) is 0.781. The van der Waals surface area contributed by atoms with Gasteiger partial charge in [-0.1, -0.05) is 19.8 Å². The molecule has 1 aliphatic rings. The minimum atomic E-state index is -0.294. The molecule has 1 rings (SSSR count). The number of hydrogen-bond acceptors (Lipinski definition) is 3. The summed E-state index contributed by atoms with van der Waals surface area (Å²) in [5.41, 5.74) is 0. The molecule has 1 aliphatic carbocycles. The topological polar surface area (TPSA) is 61.4 Å². The molecule has 21 heavy (non-hydrogen) atoms. The van der Waals surface area contributed by atoms with Crippen molar-refractivity contribution < 1.29 is 9.59 Å². The van der Waals surface area contributed by atoms with Gasteiger partial charge in [0.1, 0.15) is 0 Å². The SMILES string of the molecule is CC(C)NC(=O)CN(C)[C@H](C)C(=O)N[C@@H]1CCCC[C@H]1C. The first-order valence-corrected chi connectivity index (χ1v) is 8.11. The minimum absolute atomic E-state index is 0.0218. The van der Waals surface area contributed by atoms with Crippen LogP contribution in [0.2, 0.25) is 0 Å². The van der Waals surface area contributed by atoms with Crippen molar-refractivity contribution in [1.29, 1.82) is 0 Å². The van der Waals surface area contributed by atoms with E-state index in [0.29, 0.717) is 5.92 Å². The molecule has 0 heterocycles. The van der Waals surface area contributed by atoms with Crippen molar-refractivity contribution in [2.24, 2.45) is 5.92 Å². The van der Waals surface area contributed by atoms with Crippen LogP contribution in [0.4, 0.5) is 0 Å². The molecule has 1 fully saturated rings. The Morgan fingerprint density at radius 2 is 1.81 bits per heavy atom. The van der Waals surface area contributed by atoms with Gasteiger partial charge in [-0.25, -0.2) is 0 Å².